The van der Waals surface area contributed by atoms with E-state index in [4.69, 9.17) is 4.74 Å². The number of nitrogens with zero attached hydrogens (tertiary/aromatic N) is 1. The number of hydrogen-bond acceptors (Lipinski definition) is 3. The lowest BCUT2D eigenvalue weighted by molar-refractivity contribution is 0.328. The zero-order valence-corrected chi connectivity index (χ0v) is 12.5. The summed E-state index contributed by atoms with van der Waals surface area (Å²) >= 11 is 1.81. The Labute approximate surface area is 119 Å². The van der Waals surface area contributed by atoms with Gasteiger partial charge in [-0.3, -0.25) is 4.99 Å². The SMILES string of the molecule is CC(C)C1CCSC(=NCCOc2ccccc2)N1. The molecule has 0 aromatic heterocycles. The highest BCUT2D eigenvalue weighted by Gasteiger charge is 2.19. The highest BCUT2D eigenvalue weighted by atomic mass is 32.2. The van der Waals surface area contributed by atoms with Gasteiger partial charge in [-0.05, 0) is 24.5 Å². The van der Waals surface area contributed by atoms with E-state index in [1.165, 1.54) is 6.42 Å². The first kappa shape index (κ1) is 14.3. The molecule has 1 aliphatic heterocycles. The number of thioether (sulfide) groups is 1. The van der Waals surface area contributed by atoms with Crippen molar-refractivity contribution in [2.24, 2.45) is 10.9 Å². The molecule has 19 heavy (non-hydrogen) atoms. The Bertz CT molecular complexity index is 406. The molecule has 1 aromatic carbocycles. The lowest BCUT2D eigenvalue weighted by atomic mass is 10.0. The monoisotopic (exact) mass is 278 g/mol. The molecular weight excluding hydrogens is 256 g/mol. The topological polar surface area (TPSA) is 33.6 Å². The number of para-hydroxylation sites is 1. The molecule has 3 nitrogen and oxygen atoms in total. The molecule has 1 heterocycles. The maximum Gasteiger partial charge on any atom is 0.156 e. The van der Waals surface area contributed by atoms with Gasteiger partial charge in [-0.15, -0.1) is 0 Å². The highest BCUT2D eigenvalue weighted by molar-refractivity contribution is 8.13. The summed E-state index contributed by atoms with van der Waals surface area (Å²) in [6.45, 7) is 5.84. The van der Waals surface area contributed by atoms with Crippen LogP contribution in [-0.4, -0.2) is 30.1 Å². The Balaban J connectivity index is 1.73. The maximum absolute atomic E-state index is 5.63. The second kappa shape index (κ2) is 7.43. The molecule has 0 spiro atoms. The van der Waals surface area contributed by atoms with Crippen molar-refractivity contribution in [3.63, 3.8) is 0 Å². The van der Waals surface area contributed by atoms with Crippen molar-refractivity contribution in [1.82, 2.24) is 5.32 Å². The van der Waals surface area contributed by atoms with Gasteiger partial charge < -0.3 is 10.1 Å². The van der Waals surface area contributed by atoms with E-state index in [1.807, 2.05) is 42.1 Å². The van der Waals surface area contributed by atoms with Gasteiger partial charge in [-0.25, -0.2) is 0 Å². The predicted molar refractivity (Wildman–Crippen MR) is 83.1 cm³/mol. The van der Waals surface area contributed by atoms with E-state index in [2.05, 4.69) is 24.2 Å². The number of rotatable bonds is 5. The molecule has 1 aromatic rings. The second-order valence-electron chi connectivity index (χ2n) is 4.98. The van der Waals surface area contributed by atoms with Gasteiger partial charge in [-0.1, -0.05) is 43.8 Å². The van der Waals surface area contributed by atoms with Gasteiger partial charge in [0.1, 0.15) is 12.4 Å². The van der Waals surface area contributed by atoms with E-state index < -0.39 is 0 Å². The van der Waals surface area contributed by atoms with Gasteiger partial charge in [0.15, 0.2) is 5.17 Å². The molecule has 0 saturated carbocycles. The molecule has 1 aliphatic rings. The van der Waals surface area contributed by atoms with Gasteiger partial charge in [0.05, 0.1) is 6.54 Å². The Morgan fingerprint density at radius 1 is 1.37 bits per heavy atom. The predicted octanol–water partition coefficient (Wildman–Crippen LogP) is 3.17. The van der Waals surface area contributed by atoms with E-state index in [0.717, 1.165) is 16.7 Å². The fourth-order valence-corrected chi connectivity index (χ4v) is 2.96. The summed E-state index contributed by atoms with van der Waals surface area (Å²) in [5, 5.41) is 4.58. The molecule has 0 amide bonds. The van der Waals surface area contributed by atoms with Crippen molar-refractivity contribution in [3.8, 4) is 5.75 Å². The molecule has 2 rings (SSSR count). The van der Waals surface area contributed by atoms with Crippen LogP contribution >= 0.6 is 11.8 Å². The van der Waals surface area contributed by atoms with Crippen molar-refractivity contribution in [1.29, 1.82) is 0 Å². The number of amidine groups is 1. The zero-order chi connectivity index (χ0) is 13.5. The third kappa shape index (κ3) is 4.78. The minimum absolute atomic E-state index is 0.565. The van der Waals surface area contributed by atoms with E-state index in [1.54, 1.807) is 0 Å². The van der Waals surface area contributed by atoms with Gasteiger partial charge >= 0.3 is 0 Å². The van der Waals surface area contributed by atoms with Crippen LogP contribution in [0.1, 0.15) is 20.3 Å². The third-order valence-electron chi connectivity index (χ3n) is 3.14. The molecule has 0 aliphatic carbocycles. The second-order valence-corrected chi connectivity index (χ2v) is 6.06. The van der Waals surface area contributed by atoms with Crippen LogP contribution in [0.25, 0.3) is 0 Å². The molecule has 0 radical (unpaired) electrons. The Hall–Kier alpha value is -1.16. The number of aliphatic imine (C=N–C) groups is 1. The fourth-order valence-electron chi connectivity index (χ4n) is 1.97. The van der Waals surface area contributed by atoms with Crippen molar-refractivity contribution in [3.05, 3.63) is 30.3 Å². The average Bonchev–Trinajstić information content (AvgIpc) is 2.45. The van der Waals surface area contributed by atoms with Crippen molar-refractivity contribution in [2.45, 2.75) is 26.3 Å². The van der Waals surface area contributed by atoms with E-state index >= 15 is 0 Å². The molecule has 4 heteroatoms. The maximum atomic E-state index is 5.63. The van der Waals surface area contributed by atoms with Crippen molar-refractivity contribution in [2.75, 3.05) is 18.9 Å². The van der Waals surface area contributed by atoms with Crippen LogP contribution < -0.4 is 10.1 Å². The zero-order valence-electron chi connectivity index (χ0n) is 11.6. The number of nitrogens with one attached hydrogen (secondary N) is 1. The van der Waals surface area contributed by atoms with E-state index in [0.29, 0.717) is 25.1 Å². The summed E-state index contributed by atoms with van der Waals surface area (Å²) in [4.78, 5) is 4.57. The summed E-state index contributed by atoms with van der Waals surface area (Å²) in [5.74, 6) is 2.73. The summed E-state index contributed by atoms with van der Waals surface area (Å²) in [6, 6.07) is 10.4. The largest absolute Gasteiger partial charge is 0.492 e. The van der Waals surface area contributed by atoms with Crippen LogP contribution in [-0.2, 0) is 0 Å². The Kier molecular flexibility index (Phi) is 5.58. The number of benzene rings is 1. The van der Waals surface area contributed by atoms with Crippen LogP contribution in [0.2, 0.25) is 0 Å². The first-order valence-electron chi connectivity index (χ1n) is 6.87. The molecule has 1 atom stereocenters. The first-order valence-corrected chi connectivity index (χ1v) is 7.86. The molecule has 104 valence electrons. The molecule has 0 bridgehead atoms. The Morgan fingerprint density at radius 2 is 2.16 bits per heavy atom. The quantitative estimate of drug-likeness (QED) is 0.840. The molecule has 1 fully saturated rings. The average molecular weight is 278 g/mol. The summed E-state index contributed by atoms with van der Waals surface area (Å²) in [6.07, 6.45) is 1.22. The van der Waals surface area contributed by atoms with Crippen LogP contribution in [0.5, 0.6) is 5.75 Å². The normalized spacial score (nSPS) is 21.4. The van der Waals surface area contributed by atoms with Crippen LogP contribution in [0, 0.1) is 5.92 Å². The van der Waals surface area contributed by atoms with Gasteiger partial charge in [-0.2, -0.15) is 0 Å². The summed E-state index contributed by atoms with van der Waals surface area (Å²) < 4.78 is 5.63. The van der Waals surface area contributed by atoms with Gasteiger partial charge in [0.25, 0.3) is 0 Å². The standard InChI is InChI=1S/C15H22N2OS/c1-12(2)14-8-11-19-15(17-14)16-9-10-18-13-6-4-3-5-7-13/h3-7,12,14H,8-11H2,1-2H3,(H,16,17). The first-order chi connectivity index (χ1) is 9.25. The molecule has 1 N–H and O–H groups in total. The number of ether oxygens (including phenoxy) is 1. The summed E-state index contributed by atoms with van der Waals surface area (Å²) in [5.41, 5.74) is 0. The minimum atomic E-state index is 0.565. The lowest BCUT2D eigenvalue weighted by Crippen LogP contribution is -2.41. The van der Waals surface area contributed by atoms with Crippen molar-refractivity contribution >= 4 is 16.9 Å². The smallest absolute Gasteiger partial charge is 0.156 e. The molecule has 1 saturated heterocycles. The van der Waals surface area contributed by atoms with E-state index in [-0.39, 0.29) is 0 Å². The Morgan fingerprint density at radius 3 is 2.89 bits per heavy atom. The number of hydrogen-bond donors (Lipinski definition) is 1. The van der Waals surface area contributed by atoms with Crippen LogP contribution in [0.15, 0.2) is 35.3 Å². The lowest BCUT2D eigenvalue weighted by Gasteiger charge is -2.28. The molecular formula is C15H22N2OS. The van der Waals surface area contributed by atoms with Gasteiger partial charge in [0, 0.05) is 11.8 Å². The van der Waals surface area contributed by atoms with E-state index in [9.17, 15) is 0 Å². The fraction of sp³-hybridized carbons (Fsp3) is 0.533. The van der Waals surface area contributed by atoms with Gasteiger partial charge in [0.2, 0.25) is 0 Å². The molecule has 1 unspecified atom stereocenters. The van der Waals surface area contributed by atoms with Crippen molar-refractivity contribution < 1.29 is 4.74 Å². The minimum Gasteiger partial charge on any atom is -0.492 e. The summed E-state index contributed by atoms with van der Waals surface area (Å²) in [7, 11) is 0. The third-order valence-corrected chi connectivity index (χ3v) is 4.10. The van der Waals surface area contributed by atoms with Crippen LogP contribution in [0.4, 0.5) is 0 Å². The highest BCUT2D eigenvalue weighted by Crippen LogP contribution is 2.18. The van der Waals surface area contributed by atoms with Crippen LogP contribution in [0.3, 0.4) is 0 Å².